The zero-order chi connectivity index (χ0) is 14.5. The molecule has 0 spiro atoms. The minimum absolute atomic E-state index is 0. The topological polar surface area (TPSA) is 52.3 Å². The van der Waals surface area contributed by atoms with Crippen molar-refractivity contribution in [2.75, 3.05) is 7.11 Å². The summed E-state index contributed by atoms with van der Waals surface area (Å²) in [5, 5.41) is 0.644. The summed E-state index contributed by atoms with van der Waals surface area (Å²) < 4.78 is 4.61. The Labute approximate surface area is 135 Å². The molecule has 2 N–H and O–H groups in total. The second-order valence-electron chi connectivity index (χ2n) is 4.51. The van der Waals surface area contributed by atoms with Crippen LogP contribution in [0, 0.1) is 0 Å². The summed E-state index contributed by atoms with van der Waals surface area (Å²) in [4.78, 5) is 11.3. The molecule has 0 fully saturated rings. The third-order valence-corrected chi connectivity index (χ3v) is 3.39. The van der Waals surface area contributed by atoms with Gasteiger partial charge in [-0.15, -0.1) is 12.4 Å². The molecule has 0 aliphatic heterocycles. The van der Waals surface area contributed by atoms with E-state index in [1.54, 1.807) is 0 Å². The standard InChI is InChI=1S/C16H16ClNO2.ClH/c1-20-16(19)15(18)10-11-7-8-13(14(17)9-11)12-5-3-2-4-6-12;/h2-9,15H,10,18H2,1H3;1H. The monoisotopic (exact) mass is 325 g/mol. The van der Waals surface area contributed by atoms with Gasteiger partial charge in [0.25, 0.3) is 0 Å². The van der Waals surface area contributed by atoms with Crippen LogP contribution in [0.4, 0.5) is 0 Å². The third-order valence-electron chi connectivity index (χ3n) is 3.08. The van der Waals surface area contributed by atoms with E-state index in [0.717, 1.165) is 16.7 Å². The lowest BCUT2D eigenvalue weighted by atomic mass is 10.0. The van der Waals surface area contributed by atoms with Crippen LogP contribution in [0.1, 0.15) is 5.56 Å². The summed E-state index contributed by atoms with van der Waals surface area (Å²) in [5.41, 5.74) is 8.67. The van der Waals surface area contributed by atoms with Gasteiger partial charge in [-0.1, -0.05) is 54.1 Å². The van der Waals surface area contributed by atoms with Crippen molar-refractivity contribution in [3.05, 3.63) is 59.1 Å². The summed E-state index contributed by atoms with van der Waals surface area (Å²) >= 11 is 6.30. The Morgan fingerprint density at radius 1 is 1.24 bits per heavy atom. The highest BCUT2D eigenvalue weighted by atomic mass is 35.5. The predicted octanol–water partition coefficient (Wildman–Crippen LogP) is 3.47. The number of hydrogen-bond acceptors (Lipinski definition) is 3. The van der Waals surface area contributed by atoms with E-state index >= 15 is 0 Å². The van der Waals surface area contributed by atoms with Gasteiger partial charge >= 0.3 is 5.97 Å². The molecule has 0 saturated heterocycles. The molecule has 0 radical (unpaired) electrons. The Hall–Kier alpha value is -1.55. The van der Waals surface area contributed by atoms with Gasteiger partial charge in [0.15, 0.2) is 0 Å². The number of halogens is 2. The molecule has 0 aliphatic carbocycles. The number of esters is 1. The number of ether oxygens (including phenoxy) is 1. The van der Waals surface area contributed by atoms with Crippen molar-refractivity contribution in [3.63, 3.8) is 0 Å². The van der Waals surface area contributed by atoms with Crippen molar-refractivity contribution in [1.29, 1.82) is 0 Å². The molecule has 5 heteroatoms. The average Bonchev–Trinajstić information content (AvgIpc) is 2.47. The Morgan fingerprint density at radius 2 is 1.90 bits per heavy atom. The van der Waals surface area contributed by atoms with Gasteiger partial charge in [0.2, 0.25) is 0 Å². The Kier molecular flexibility index (Phi) is 6.69. The van der Waals surface area contributed by atoms with E-state index in [1.165, 1.54) is 7.11 Å². The maximum absolute atomic E-state index is 11.3. The zero-order valence-corrected chi connectivity index (χ0v) is 13.2. The van der Waals surface area contributed by atoms with Gasteiger partial charge in [0.05, 0.1) is 7.11 Å². The fourth-order valence-electron chi connectivity index (χ4n) is 2.03. The number of nitrogens with two attached hydrogens (primary N) is 1. The second kappa shape index (κ2) is 8.03. The highest BCUT2D eigenvalue weighted by Gasteiger charge is 2.15. The maximum Gasteiger partial charge on any atom is 0.322 e. The van der Waals surface area contributed by atoms with E-state index in [2.05, 4.69) is 4.74 Å². The van der Waals surface area contributed by atoms with Crippen LogP contribution in [0.25, 0.3) is 11.1 Å². The molecular formula is C16H17Cl2NO2. The van der Waals surface area contributed by atoms with E-state index < -0.39 is 12.0 Å². The van der Waals surface area contributed by atoms with Crippen LogP contribution in [0.3, 0.4) is 0 Å². The number of rotatable bonds is 4. The van der Waals surface area contributed by atoms with Gasteiger partial charge in [-0.3, -0.25) is 4.79 Å². The lowest BCUT2D eigenvalue weighted by Gasteiger charge is -2.11. The number of methoxy groups -OCH3 is 1. The summed E-state index contributed by atoms with van der Waals surface area (Å²) in [6.07, 6.45) is 0.404. The van der Waals surface area contributed by atoms with Crippen LogP contribution in [0.5, 0.6) is 0 Å². The maximum atomic E-state index is 11.3. The molecule has 0 aromatic heterocycles. The molecule has 2 rings (SSSR count). The molecule has 1 unspecified atom stereocenters. The zero-order valence-electron chi connectivity index (χ0n) is 11.6. The molecule has 112 valence electrons. The number of carbonyl (C=O) groups is 1. The second-order valence-corrected chi connectivity index (χ2v) is 4.92. The molecule has 3 nitrogen and oxygen atoms in total. The van der Waals surface area contributed by atoms with Crippen molar-refractivity contribution >= 4 is 30.0 Å². The molecule has 0 bridgehead atoms. The predicted molar refractivity (Wildman–Crippen MR) is 87.8 cm³/mol. The lowest BCUT2D eigenvalue weighted by molar-refractivity contribution is -0.142. The normalized spacial score (nSPS) is 11.4. The van der Waals surface area contributed by atoms with Crippen molar-refractivity contribution < 1.29 is 9.53 Å². The Morgan fingerprint density at radius 3 is 2.48 bits per heavy atom. The molecular weight excluding hydrogens is 309 g/mol. The first-order chi connectivity index (χ1) is 9.61. The van der Waals surface area contributed by atoms with Crippen LogP contribution in [0.15, 0.2) is 48.5 Å². The van der Waals surface area contributed by atoms with Crippen LogP contribution < -0.4 is 5.73 Å². The molecule has 0 heterocycles. The minimum atomic E-state index is -0.668. The SMILES string of the molecule is COC(=O)C(N)Cc1ccc(-c2ccccc2)c(Cl)c1.Cl. The van der Waals surface area contributed by atoms with Gasteiger partial charge in [0.1, 0.15) is 6.04 Å². The summed E-state index contributed by atoms with van der Waals surface area (Å²) in [5.74, 6) is -0.423. The van der Waals surface area contributed by atoms with E-state index in [1.807, 2.05) is 48.5 Å². The van der Waals surface area contributed by atoms with Crippen molar-refractivity contribution in [2.45, 2.75) is 12.5 Å². The first kappa shape index (κ1) is 17.5. The molecule has 0 amide bonds. The van der Waals surface area contributed by atoms with Crippen LogP contribution >= 0.6 is 24.0 Å². The lowest BCUT2D eigenvalue weighted by Crippen LogP contribution is -2.33. The first-order valence-corrected chi connectivity index (χ1v) is 6.67. The van der Waals surface area contributed by atoms with Crippen molar-refractivity contribution in [3.8, 4) is 11.1 Å². The highest BCUT2D eigenvalue weighted by molar-refractivity contribution is 6.33. The minimum Gasteiger partial charge on any atom is -0.468 e. The van der Waals surface area contributed by atoms with E-state index in [4.69, 9.17) is 17.3 Å². The molecule has 2 aromatic carbocycles. The molecule has 0 aliphatic rings. The average molecular weight is 326 g/mol. The van der Waals surface area contributed by atoms with Crippen LogP contribution in [0.2, 0.25) is 5.02 Å². The fraction of sp³-hybridized carbons (Fsp3) is 0.188. The van der Waals surface area contributed by atoms with Gasteiger partial charge in [0, 0.05) is 10.6 Å². The summed E-state index contributed by atoms with van der Waals surface area (Å²) in [6, 6.07) is 14.9. The third kappa shape index (κ3) is 4.46. The van der Waals surface area contributed by atoms with Gasteiger partial charge in [-0.2, -0.15) is 0 Å². The van der Waals surface area contributed by atoms with E-state index in [-0.39, 0.29) is 12.4 Å². The Balaban J connectivity index is 0.00000220. The number of benzene rings is 2. The first-order valence-electron chi connectivity index (χ1n) is 6.29. The smallest absolute Gasteiger partial charge is 0.322 e. The van der Waals surface area contributed by atoms with Gasteiger partial charge < -0.3 is 10.5 Å². The fourth-order valence-corrected chi connectivity index (χ4v) is 2.34. The molecule has 21 heavy (non-hydrogen) atoms. The van der Waals surface area contributed by atoms with Crippen LogP contribution in [-0.2, 0) is 16.0 Å². The van der Waals surface area contributed by atoms with Crippen molar-refractivity contribution in [2.24, 2.45) is 5.73 Å². The van der Waals surface area contributed by atoms with Crippen LogP contribution in [-0.4, -0.2) is 19.1 Å². The van der Waals surface area contributed by atoms with Gasteiger partial charge in [-0.05, 0) is 23.6 Å². The molecule has 0 saturated carbocycles. The number of carbonyl (C=O) groups excluding carboxylic acids is 1. The quantitative estimate of drug-likeness (QED) is 0.875. The number of hydrogen-bond donors (Lipinski definition) is 1. The highest BCUT2D eigenvalue weighted by Crippen LogP contribution is 2.28. The Bertz CT molecular complexity index is 602. The van der Waals surface area contributed by atoms with Gasteiger partial charge in [-0.25, -0.2) is 0 Å². The molecule has 1 atom stereocenters. The summed E-state index contributed by atoms with van der Waals surface area (Å²) in [7, 11) is 1.33. The van der Waals surface area contributed by atoms with E-state index in [0.29, 0.717) is 11.4 Å². The summed E-state index contributed by atoms with van der Waals surface area (Å²) in [6.45, 7) is 0. The molecule has 2 aromatic rings. The van der Waals surface area contributed by atoms with E-state index in [9.17, 15) is 4.79 Å². The largest absolute Gasteiger partial charge is 0.468 e. The van der Waals surface area contributed by atoms with Crippen molar-refractivity contribution in [1.82, 2.24) is 0 Å².